The molecule has 6 heteroatoms. The third-order valence-corrected chi connectivity index (χ3v) is 2.77. The fourth-order valence-corrected chi connectivity index (χ4v) is 1.96. The second-order valence-corrected chi connectivity index (χ2v) is 3.91. The lowest BCUT2D eigenvalue weighted by Crippen LogP contribution is -2.16. The molecule has 0 aliphatic carbocycles. The van der Waals surface area contributed by atoms with Gasteiger partial charge in [0.05, 0.1) is 17.4 Å². The van der Waals surface area contributed by atoms with Crippen molar-refractivity contribution in [1.82, 2.24) is 0 Å². The number of nitrogens with two attached hydrogens (primary N) is 1. The Bertz CT molecular complexity index is 516. The molecule has 0 saturated carbocycles. The third kappa shape index (κ3) is 1.96. The lowest BCUT2D eigenvalue weighted by molar-refractivity contribution is 0.100. The molecule has 0 saturated heterocycles. The van der Waals surface area contributed by atoms with Crippen molar-refractivity contribution < 1.29 is 14.0 Å². The molecule has 0 spiro atoms. The van der Waals surface area contributed by atoms with Crippen LogP contribution in [0.1, 0.15) is 20.7 Å². The molecule has 0 radical (unpaired) electrons. The Hall–Kier alpha value is -2.08. The van der Waals surface area contributed by atoms with Crippen LogP contribution in [-0.4, -0.2) is 11.8 Å². The van der Waals surface area contributed by atoms with Crippen molar-refractivity contribution in [3.63, 3.8) is 0 Å². The number of carbonyl (C=O) groups is 2. The lowest BCUT2D eigenvalue weighted by atomic mass is 10.3. The number of anilines is 1. The average molecular weight is 236 g/mol. The summed E-state index contributed by atoms with van der Waals surface area (Å²) < 4.78 is 4.78. The normalized spacial score (nSPS) is 10.0. The molecule has 2 rings (SSSR count). The van der Waals surface area contributed by atoms with Crippen LogP contribution in [0.3, 0.4) is 0 Å². The zero-order valence-corrected chi connectivity index (χ0v) is 8.91. The number of hydrogen-bond acceptors (Lipinski definition) is 4. The van der Waals surface area contributed by atoms with Gasteiger partial charge in [0.25, 0.3) is 11.8 Å². The van der Waals surface area contributed by atoms with Crippen LogP contribution < -0.4 is 11.1 Å². The molecular formula is C10H8N2O3S. The Kier molecular flexibility index (Phi) is 2.74. The largest absolute Gasteiger partial charge is 0.472 e. The van der Waals surface area contributed by atoms with Crippen LogP contribution in [0.2, 0.25) is 0 Å². The highest BCUT2D eigenvalue weighted by Gasteiger charge is 2.13. The van der Waals surface area contributed by atoms with Crippen LogP contribution in [0.25, 0.3) is 0 Å². The SMILES string of the molecule is NC(=O)c1ccsc1NC(=O)c1ccoc1. The molecule has 16 heavy (non-hydrogen) atoms. The molecule has 5 nitrogen and oxygen atoms in total. The number of hydrogen-bond donors (Lipinski definition) is 2. The summed E-state index contributed by atoms with van der Waals surface area (Å²) in [5, 5.41) is 4.72. The van der Waals surface area contributed by atoms with Crippen LogP contribution in [-0.2, 0) is 0 Å². The fraction of sp³-hybridized carbons (Fsp3) is 0. The second-order valence-electron chi connectivity index (χ2n) is 2.99. The van der Waals surface area contributed by atoms with E-state index in [9.17, 15) is 9.59 Å². The van der Waals surface area contributed by atoms with Gasteiger partial charge in [-0.3, -0.25) is 9.59 Å². The molecule has 0 unspecified atom stereocenters. The number of rotatable bonds is 3. The van der Waals surface area contributed by atoms with Crippen molar-refractivity contribution in [2.75, 3.05) is 5.32 Å². The topological polar surface area (TPSA) is 85.3 Å². The van der Waals surface area contributed by atoms with E-state index in [0.717, 1.165) is 0 Å². The quantitative estimate of drug-likeness (QED) is 0.850. The van der Waals surface area contributed by atoms with Crippen molar-refractivity contribution in [2.45, 2.75) is 0 Å². The summed E-state index contributed by atoms with van der Waals surface area (Å²) >= 11 is 1.24. The fourth-order valence-electron chi connectivity index (χ4n) is 1.17. The van der Waals surface area contributed by atoms with Crippen molar-refractivity contribution >= 4 is 28.2 Å². The molecular weight excluding hydrogens is 228 g/mol. The van der Waals surface area contributed by atoms with Crippen molar-refractivity contribution in [1.29, 1.82) is 0 Å². The van der Waals surface area contributed by atoms with Gasteiger partial charge in [0.15, 0.2) is 0 Å². The highest BCUT2D eigenvalue weighted by atomic mass is 32.1. The summed E-state index contributed by atoms with van der Waals surface area (Å²) in [6.07, 6.45) is 2.73. The van der Waals surface area contributed by atoms with E-state index in [1.54, 1.807) is 11.4 Å². The Morgan fingerprint density at radius 3 is 2.81 bits per heavy atom. The molecule has 0 aliphatic heterocycles. The number of thiophene rings is 1. The standard InChI is InChI=1S/C10H8N2O3S/c11-8(13)7-2-4-16-10(7)12-9(14)6-1-3-15-5-6/h1-5H,(H2,11,13)(H,12,14). The average Bonchev–Trinajstić information content (AvgIpc) is 2.86. The van der Waals surface area contributed by atoms with Gasteiger partial charge in [-0.15, -0.1) is 11.3 Å². The molecule has 3 N–H and O–H groups in total. The minimum absolute atomic E-state index is 0.307. The van der Waals surface area contributed by atoms with Gasteiger partial charge in [-0.05, 0) is 17.5 Å². The molecule has 2 amide bonds. The highest BCUT2D eigenvalue weighted by molar-refractivity contribution is 7.14. The summed E-state index contributed by atoms with van der Waals surface area (Å²) in [4.78, 5) is 22.6. The predicted molar refractivity (Wildman–Crippen MR) is 59.5 cm³/mol. The van der Waals surface area contributed by atoms with Crippen LogP contribution in [0.5, 0.6) is 0 Å². The van der Waals surface area contributed by atoms with Gasteiger partial charge < -0.3 is 15.5 Å². The molecule has 2 aromatic heterocycles. The summed E-state index contributed by atoms with van der Waals surface area (Å²) in [6.45, 7) is 0. The first-order chi connectivity index (χ1) is 7.68. The second kappa shape index (κ2) is 4.19. The third-order valence-electron chi connectivity index (χ3n) is 1.94. The van der Waals surface area contributed by atoms with Crippen LogP contribution >= 0.6 is 11.3 Å². The van der Waals surface area contributed by atoms with E-state index in [0.29, 0.717) is 16.1 Å². The Balaban J connectivity index is 2.18. The lowest BCUT2D eigenvalue weighted by Gasteiger charge is -2.01. The highest BCUT2D eigenvalue weighted by Crippen LogP contribution is 2.23. The predicted octanol–water partition coefficient (Wildman–Crippen LogP) is 1.69. The van der Waals surface area contributed by atoms with Crippen LogP contribution in [0, 0.1) is 0 Å². The zero-order valence-electron chi connectivity index (χ0n) is 8.10. The maximum absolute atomic E-state index is 11.6. The summed E-state index contributed by atoms with van der Waals surface area (Å²) in [5.74, 6) is -0.901. The van der Waals surface area contributed by atoms with Crippen molar-refractivity contribution in [2.24, 2.45) is 5.73 Å². The van der Waals surface area contributed by atoms with E-state index in [2.05, 4.69) is 5.32 Å². The van der Waals surface area contributed by atoms with Gasteiger partial charge in [0, 0.05) is 0 Å². The number of nitrogens with one attached hydrogen (secondary N) is 1. The molecule has 2 aromatic rings. The first kappa shape index (κ1) is 10.4. The molecule has 0 aliphatic rings. The summed E-state index contributed by atoms with van der Waals surface area (Å²) in [6, 6.07) is 3.10. The summed E-state index contributed by atoms with van der Waals surface area (Å²) in [5.41, 5.74) is 5.85. The van der Waals surface area contributed by atoms with Gasteiger partial charge in [-0.2, -0.15) is 0 Å². The first-order valence-corrected chi connectivity index (χ1v) is 5.27. The monoisotopic (exact) mass is 236 g/mol. The molecule has 2 heterocycles. The summed E-state index contributed by atoms with van der Waals surface area (Å²) in [7, 11) is 0. The molecule has 82 valence electrons. The Morgan fingerprint density at radius 2 is 2.19 bits per heavy atom. The number of carbonyl (C=O) groups excluding carboxylic acids is 2. The maximum Gasteiger partial charge on any atom is 0.259 e. The number of primary amides is 1. The van der Waals surface area contributed by atoms with E-state index in [1.807, 2.05) is 0 Å². The molecule has 0 atom stereocenters. The Labute approximate surface area is 94.9 Å². The molecule has 0 fully saturated rings. The zero-order chi connectivity index (χ0) is 11.5. The number of furan rings is 1. The van der Waals surface area contributed by atoms with E-state index < -0.39 is 5.91 Å². The van der Waals surface area contributed by atoms with Crippen LogP contribution in [0.15, 0.2) is 34.5 Å². The first-order valence-electron chi connectivity index (χ1n) is 4.39. The minimum atomic E-state index is -0.566. The Morgan fingerprint density at radius 1 is 1.38 bits per heavy atom. The smallest absolute Gasteiger partial charge is 0.259 e. The van der Waals surface area contributed by atoms with E-state index in [1.165, 1.54) is 29.9 Å². The van der Waals surface area contributed by atoms with E-state index in [-0.39, 0.29) is 5.91 Å². The maximum atomic E-state index is 11.6. The van der Waals surface area contributed by atoms with Gasteiger partial charge in [-0.25, -0.2) is 0 Å². The minimum Gasteiger partial charge on any atom is -0.472 e. The van der Waals surface area contributed by atoms with Gasteiger partial charge >= 0.3 is 0 Å². The van der Waals surface area contributed by atoms with E-state index >= 15 is 0 Å². The van der Waals surface area contributed by atoms with Crippen molar-refractivity contribution in [3.8, 4) is 0 Å². The van der Waals surface area contributed by atoms with Gasteiger partial charge in [-0.1, -0.05) is 0 Å². The van der Waals surface area contributed by atoms with Crippen LogP contribution in [0.4, 0.5) is 5.00 Å². The molecule has 0 bridgehead atoms. The van der Waals surface area contributed by atoms with Gasteiger partial charge in [0.1, 0.15) is 11.3 Å². The molecule has 0 aromatic carbocycles. The van der Waals surface area contributed by atoms with Crippen molar-refractivity contribution in [3.05, 3.63) is 41.2 Å². The van der Waals surface area contributed by atoms with E-state index in [4.69, 9.17) is 10.2 Å². The van der Waals surface area contributed by atoms with Gasteiger partial charge in [0.2, 0.25) is 0 Å². The number of amides is 2.